The summed E-state index contributed by atoms with van der Waals surface area (Å²) in [5, 5.41) is 8.66. The summed E-state index contributed by atoms with van der Waals surface area (Å²) in [6, 6.07) is 17.0. The molecule has 0 aliphatic heterocycles. The Labute approximate surface area is 157 Å². The van der Waals surface area contributed by atoms with Crippen molar-refractivity contribution >= 4 is 17.5 Å². The van der Waals surface area contributed by atoms with Crippen LogP contribution in [0, 0.1) is 0 Å². The van der Waals surface area contributed by atoms with Gasteiger partial charge in [-0.15, -0.1) is 5.10 Å². The second kappa shape index (κ2) is 8.49. The molecule has 1 heterocycles. The van der Waals surface area contributed by atoms with Crippen molar-refractivity contribution in [3.05, 3.63) is 77.1 Å². The molecule has 6 nitrogen and oxygen atoms in total. The number of halogens is 1. The predicted octanol–water partition coefficient (Wildman–Crippen LogP) is 3.13. The van der Waals surface area contributed by atoms with E-state index in [0.717, 1.165) is 5.56 Å². The molecule has 0 fully saturated rings. The third-order valence-electron chi connectivity index (χ3n) is 3.80. The molecule has 3 aromatic rings. The average molecular weight is 371 g/mol. The molecule has 0 saturated carbocycles. The number of nitrogens with zero attached hydrogens (tertiary/aromatic N) is 4. The molecular weight excluding hydrogens is 352 g/mol. The highest BCUT2D eigenvalue weighted by atomic mass is 35.5. The number of carbonyl (C=O) groups is 1. The summed E-state index contributed by atoms with van der Waals surface area (Å²) in [4.78, 5) is 14.0. The molecule has 7 heteroatoms. The van der Waals surface area contributed by atoms with Gasteiger partial charge in [-0.2, -0.15) is 0 Å². The van der Waals surface area contributed by atoms with E-state index in [1.807, 2.05) is 30.3 Å². The number of carbonyl (C=O) groups excluding carboxylic acids is 1. The lowest BCUT2D eigenvalue weighted by Gasteiger charge is -2.16. The van der Waals surface area contributed by atoms with Gasteiger partial charge in [-0.25, -0.2) is 4.68 Å². The normalized spacial score (nSPS) is 10.5. The molecule has 1 aromatic heterocycles. The number of likely N-dealkylation sites (N-methyl/N-ethyl adjacent to an activating group) is 1. The standard InChI is InChI=1S/C19H19ClN4O2/c1-23(11-12-26-17-9-7-16(20)8-10-17)19(25)18-14-24(22-21-18)13-15-5-3-2-4-6-15/h2-10,14H,11-13H2,1H3. The second-order valence-corrected chi connectivity index (χ2v) is 6.25. The molecule has 26 heavy (non-hydrogen) atoms. The van der Waals surface area contributed by atoms with E-state index in [1.165, 1.54) is 0 Å². The van der Waals surface area contributed by atoms with Crippen molar-refractivity contribution in [1.82, 2.24) is 19.9 Å². The van der Waals surface area contributed by atoms with Gasteiger partial charge in [-0.3, -0.25) is 4.79 Å². The maximum absolute atomic E-state index is 12.4. The van der Waals surface area contributed by atoms with Crippen LogP contribution in [0.15, 0.2) is 60.8 Å². The Kier molecular flexibility index (Phi) is 5.86. The van der Waals surface area contributed by atoms with Crippen molar-refractivity contribution < 1.29 is 9.53 Å². The van der Waals surface area contributed by atoms with Crippen molar-refractivity contribution in [2.45, 2.75) is 6.54 Å². The molecule has 134 valence electrons. The predicted molar refractivity (Wildman–Crippen MR) is 99.5 cm³/mol. The summed E-state index contributed by atoms with van der Waals surface area (Å²) in [5.41, 5.74) is 1.41. The molecule has 0 saturated heterocycles. The van der Waals surface area contributed by atoms with Crippen molar-refractivity contribution in [3.63, 3.8) is 0 Å². The van der Waals surface area contributed by atoms with Gasteiger partial charge in [0.1, 0.15) is 12.4 Å². The largest absolute Gasteiger partial charge is 0.492 e. The van der Waals surface area contributed by atoms with Gasteiger partial charge < -0.3 is 9.64 Å². The number of benzene rings is 2. The summed E-state index contributed by atoms with van der Waals surface area (Å²) in [7, 11) is 1.71. The molecule has 0 aliphatic rings. The number of hydrogen-bond acceptors (Lipinski definition) is 4. The fourth-order valence-electron chi connectivity index (χ4n) is 2.37. The zero-order valence-corrected chi connectivity index (χ0v) is 15.1. The highest BCUT2D eigenvalue weighted by Crippen LogP contribution is 2.15. The van der Waals surface area contributed by atoms with Gasteiger partial charge in [0.2, 0.25) is 0 Å². The van der Waals surface area contributed by atoms with Crippen molar-refractivity contribution in [2.24, 2.45) is 0 Å². The summed E-state index contributed by atoms with van der Waals surface area (Å²) < 4.78 is 7.26. The Morgan fingerprint density at radius 2 is 1.88 bits per heavy atom. The maximum Gasteiger partial charge on any atom is 0.275 e. The minimum Gasteiger partial charge on any atom is -0.492 e. The van der Waals surface area contributed by atoms with E-state index in [9.17, 15) is 4.79 Å². The first kappa shape index (κ1) is 17.9. The Bertz CT molecular complexity index is 849. The number of hydrogen-bond donors (Lipinski definition) is 0. The van der Waals surface area contributed by atoms with E-state index < -0.39 is 0 Å². The van der Waals surface area contributed by atoms with Gasteiger partial charge in [0, 0.05) is 12.1 Å². The second-order valence-electron chi connectivity index (χ2n) is 5.82. The lowest BCUT2D eigenvalue weighted by molar-refractivity contribution is 0.0768. The molecule has 0 atom stereocenters. The van der Waals surface area contributed by atoms with Crippen LogP contribution in [0.25, 0.3) is 0 Å². The van der Waals surface area contributed by atoms with Gasteiger partial charge in [0.25, 0.3) is 5.91 Å². The van der Waals surface area contributed by atoms with Gasteiger partial charge in [-0.1, -0.05) is 47.1 Å². The van der Waals surface area contributed by atoms with Gasteiger partial charge in [-0.05, 0) is 29.8 Å². The lowest BCUT2D eigenvalue weighted by Crippen LogP contribution is -2.31. The van der Waals surface area contributed by atoms with E-state index in [2.05, 4.69) is 10.3 Å². The Morgan fingerprint density at radius 1 is 1.15 bits per heavy atom. The van der Waals surface area contributed by atoms with Crippen LogP contribution in [0.5, 0.6) is 5.75 Å². The first-order valence-corrected chi connectivity index (χ1v) is 8.57. The minimum atomic E-state index is -0.191. The van der Waals surface area contributed by atoms with Crippen LogP contribution in [0.1, 0.15) is 16.1 Å². The number of amides is 1. The highest BCUT2D eigenvalue weighted by Gasteiger charge is 2.15. The fraction of sp³-hybridized carbons (Fsp3) is 0.211. The van der Waals surface area contributed by atoms with E-state index in [1.54, 1.807) is 47.1 Å². The molecule has 0 unspecified atom stereocenters. The van der Waals surface area contributed by atoms with Crippen LogP contribution in [0.4, 0.5) is 0 Å². The van der Waals surface area contributed by atoms with Crippen LogP contribution in [-0.4, -0.2) is 46.0 Å². The quantitative estimate of drug-likeness (QED) is 0.641. The lowest BCUT2D eigenvalue weighted by atomic mass is 10.2. The number of ether oxygens (including phenoxy) is 1. The average Bonchev–Trinajstić information content (AvgIpc) is 3.12. The Balaban J connectivity index is 1.51. The monoisotopic (exact) mass is 370 g/mol. The van der Waals surface area contributed by atoms with Gasteiger partial charge in [0.15, 0.2) is 5.69 Å². The minimum absolute atomic E-state index is 0.191. The van der Waals surface area contributed by atoms with E-state index in [4.69, 9.17) is 16.3 Å². The van der Waals surface area contributed by atoms with Gasteiger partial charge >= 0.3 is 0 Å². The molecule has 0 radical (unpaired) electrons. The van der Waals surface area contributed by atoms with Crippen LogP contribution in [0.2, 0.25) is 5.02 Å². The molecule has 0 N–H and O–H groups in total. The molecule has 0 spiro atoms. The highest BCUT2D eigenvalue weighted by molar-refractivity contribution is 6.30. The maximum atomic E-state index is 12.4. The molecule has 0 bridgehead atoms. The van der Waals surface area contributed by atoms with Crippen LogP contribution >= 0.6 is 11.6 Å². The molecule has 0 aliphatic carbocycles. The van der Waals surface area contributed by atoms with E-state index in [0.29, 0.717) is 36.2 Å². The molecular formula is C19H19ClN4O2. The molecule has 2 aromatic carbocycles. The topological polar surface area (TPSA) is 60.2 Å². The van der Waals surface area contributed by atoms with E-state index in [-0.39, 0.29) is 5.91 Å². The zero-order chi connectivity index (χ0) is 18.4. The Hall–Kier alpha value is -2.86. The zero-order valence-electron chi connectivity index (χ0n) is 14.4. The third kappa shape index (κ3) is 4.83. The SMILES string of the molecule is CN(CCOc1ccc(Cl)cc1)C(=O)c1cn(Cc2ccccc2)nn1. The number of aromatic nitrogens is 3. The third-order valence-corrected chi connectivity index (χ3v) is 4.05. The summed E-state index contributed by atoms with van der Waals surface area (Å²) >= 11 is 5.84. The van der Waals surface area contributed by atoms with Crippen LogP contribution < -0.4 is 4.74 Å². The van der Waals surface area contributed by atoms with Crippen molar-refractivity contribution in [2.75, 3.05) is 20.2 Å². The summed E-state index contributed by atoms with van der Waals surface area (Å²) in [6.07, 6.45) is 1.66. The molecule has 3 rings (SSSR count). The van der Waals surface area contributed by atoms with Crippen LogP contribution in [-0.2, 0) is 6.54 Å². The Morgan fingerprint density at radius 3 is 2.62 bits per heavy atom. The molecule has 1 amide bonds. The smallest absolute Gasteiger partial charge is 0.275 e. The summed E-state index contributed by atoms with van der Waals surface area (Å²) in [6.45, 7) is 1.39. The number of rotatable bonds is 7. The first-order chi connectivity index (χ1) is 12.6. The van der Waals surface area contributed by atoms with Crippen LogP contribution in [0.3, 0.4) is 0 Å². The fourth-order valence-corrected chi connectivity index (χ4v) is 2.50. The summed E-state index contributed by atoms with van der Waals surface area (Å²) in [5.74, 6) is 0.521. The van der Waals surface area contributed by atoms with Crippen molar-refractivity contribution in [3.8, 4) is 5.75 Å². The first-order valence-electron chi connectivity index (χ1n) is 8.20. The van der Waals surface area contributed by atoms with E-state index >= 15 is 0 Å². The van der Waals surface area contributed by atoms with Gasteiger partial charge in [0.05, 0.1) is 19.3 Å². The van der Waals surface area contributed by atoms with Crippen molar-refractivity contribution in [1.29, 1.82) is 0 Å².